The summed E-state index contributed by atoms with van der Waals surface area (Å²) in [6.07, 6.45) is 4.06. The van der Waals surface area contributed by atoms with Crippen LogP contribution >= 0.6 is 15.9 Å². The molecule has 2 aromatic rings. The highest BCUT2D eigenvalue weighted by molar-refractivity contribution is 9.10. The van der Waals surface area contributed by atoms with Crippen LogP contribution in [0.3, 0.4) is 0 Å². The maximum Gasteiger partial charge on any atom is 0.268 e. The number of aliphatic hydroxyl groups excluding tert-OH is 1. The number of aliphatic hydroxyl groups is 2. The lowest BCUT2D eigenvalue weighted by Gasteiger charge is -2.27. The van der Waals surface area contributed by atoms with Crippen molar-refractivity contribution >= 4 is 33.2 Å². The lowest BCUT2D eigenvalue weighted by molar-refractivity contribution is -0.138. The van der Waals surface area contributed by atoms with Gasteiger partial charge in [0.15, 0.2) is 5.60 Å². The van der Waals surface area contributed by atoms with E-state index >= 15 is 0 Å². The van der Waals surface area contributed by atoms with Gasteiger partial charge in [0.2, 0.25) is 0 Å². The molecule has 1 heterocycles. The Kier molecular flexibility index (Phi) is 5.08. The molecule has 0 spiro atoms. The van der Waals surface area contributed by atoms with Gasteiger partial charge in [-0.1, -0.05) is 53.2 Å². The van der Waals surface area contributed by atoms with Gasteiger partial charge in [0.25, 0.3) is 5.91 Å². The summed E-state index contributed by atoms with van der Waals surface area (Å²) < 4.78 is 0.805. The number of anilines is 2. The van der Waals surface area contributed by atoms with Crippen LogP contribution in [0.4, 0.5) is 11.4 Å². The van der Waals surface area contributed by atoms with Crippen molar-refractivity contribution in [2.45, 2.75) is 18.9 Å². The molecule has 25 heavy (non-hydrogen) atoms. The molecule has 0 saturated heterocycles. The monoisotopic (exact) mass is 401 g/mol. The Balaban J connectivity index is 2.12. The van der Waals surface area contributed by atoms with Gasteiger partial charge >= 0.3 is 0 Å². The molecule has 5 heteroatoms. The van der Waals surface area contributed by atoms with E-state index in [9.17, 15) is 9.90 Å². The first-order chi connectivity index (χ1) is 12.0. The van der Waals surface area contributed by atoms with E-state index in [1.807, 2.05) is 49.4 Å². The van der Waals surface area contributed by atoms with Crippen molar-refractivity contribution in [3.05, 3.63) is 70.7 Å². The van der Waals surface area contributed by atoms with E-state index in [0.29, 0.717) is 17.7 Å². The average Bonchev–Trinajstić information content (AvgIpc) is 2.84. The number of carbonyl (C=O) groups excluding carboxylic acids is 1. The van der Waals surface area contributed by atoms with Gasteiger partial charge in [-0.2, -0.15) is 0 Å². The second-order valence-corrected chi connectivity index (χ2v) is 7.05. The van der Waals surface area contributed by atoms with Crippen LogP contribution in [-0.2, 0) is 10.4 Å². The number of rotatable bonds is 5. The largest absolute Gasteiger partial charge is 0.396 e. The fourth-order valence-corrected chi connectivity index (χ4v) is 3.55. The lowest BCUT2D eigenvalue weighted by Crippen LogP contribution is -2.42. The smallest absolute Gasteiger partial charge is 0.268 e. The van der Waals surface area contributed by atoms with Crippen LogP contribution in [0.25, 0.3) is 0 Å². The first kappa shape index (κ1) is 17.9. The standard InChI is InChI=1S/C20H20BrNO3/c1-14(7-5-6-12-23)20(25)17-13-15(21)10-11-18(17)22(19(20)24)16-8-3-2-4-9-16/h2-5,7-11,13-14,23,25H,6,12H2,1H3/b7-5+/t14-,20+/m1/s1. The van der Waals surface area contributed by atoms with Crippen molar-refractivity contribution in [3.63, 3.8) is 0 Å². The predicted molar refractivity (Wildman–Crippen MR) is 102 cm³/mol. The van der Waals surface area contributed by atoms with Gasteiger partial charge in [0.05, 0.1) is 5.69 Å². The lowest BCUT2D eigenvalue weighted by atomic mass is 9.83. The second-order valence-electron chi connectivity index (χ2n) is 6.13. The van der Waals surface area contributed by atoms with E-state index < -0.39 is 11.5 Å². The Morgan fingerprint density at radius 1 is 1.24 bits per heavy atom. The Labute approximate surface area is 155 Å². The molecule has 0 fully saturated rings. The molecule has 2 aromatic carbocycles. The molecule has 2 N–H and O–H groups in total. The van der Waals surface area contributed by atoms with Crippen molar-refractivity contribution in [2.75, 3.05) is 11.5 Å². The van der Waals surface area contributed by atoms with Crippen LogP contribution < -0.4 is 4.90 Å². The van der Waals surface area contributed by atoms with Crippen LogP contribution in [0, 0.1) is 5.92 Å². The summed E-state index contributed by atoms with van der Waals surface area (Å²) in [5.74, 6) is -0.804. The van der Waals surface area contributed by atoms with Crippen molar-refractivity contribution in [3.8, 4) is 0 Å². The zero-order chi connectivity index (χ0) is 18.0. The van der Waals surface area contributed by atoms with Crippen LogP contribution in [-0.4, -0.2) is 22.7 Å². The van der Waals surface area contributed by atoms with Crippen LogP contribution in [0.5, 0.6) is 0 Å². The molecule has 3 rings (SSSR count). The molecule has 4 nitrogen and oxygen atoms in total. The van der Waals surface area contributed by atoms with Gasteiger partial charge in [-0.05, 0) is 36.8 Å². The van der Waals surface area contributed by atoms with E-state index in [2.05, 4.69) is 15.9 Å². The number of carbonyl (C=O) groups is 1. The number of amides is 1. The number of halogens is 1. The average molecular weight is 402 g/mol. The van der Waals surface area contributed by atoms with E-state index in [1.165, 1.54) is 0 Å². The SMILES string of the molecule is C[C@H](/C=C/CCO)[C@@]1(O)C(=O)N(c2ccccc2)c2ccc(Br)cc21. The molecule has 0 aliphatic carbocycles. The minimum atomic E-state index is -1.65. The van der Waals surface area contributed by atoms with Crippen molar-refractivity contribution < 1.29 is 15.0 Å². The zero-order valence-electron chi connectivity index (χ0n) is 13.9. The molecule has 0 bridgehead atoms. The van der Waals surface area contributed by atoms with Gasteiger partial charge in [0, 0.05) is 28.2 Å². The van der Waals surface area contributed by atoms with Gasteiger partial charge < -0.3 is 10.2 Å². The van der Waals surface area contributed by atoms with Crippen LogP contribution in [0.1, 0.15) is 18.9 Å². The Morgan fingerprint density at radius 2 is 1.96 bits per heavy atom. The highest BCUT2D eigenvalue weighted by atomic mass is 79.9. The zero-order valence-corrected chi connectivity index (χ0v) is 15.5. The third-order valence-electron chi connectivity index (χ3n) is 4.53. The third-order valence-corrected chi connectivity index (χ3v) is 5.03. The third kappa shape index (κ3) is 3.03. The molecule has 1 aliphatic heterocycles. The van der Waals surface area contributed by atoms with Gasteiger partial charge in [-0.3, -0.25) is 9.69 Å². The highest BCUT2D eigenvalue weighted by Gasteiger charge is 2.53. The Bertz CT molecular complexity index is 806. The molecule has 0 unspecified atom stereocenters. The number of para-hydroxylation sites is 1. The number of hydrogen-bond donors (Lipinski definition) is 2. The van der Waals surface area contributed by atoms with E-state index in [0.717, 1.165) is 10.2 Å². The number of hydrogen-bond acceptors (Lipinski definition) is 3. The van der Waals surface area contributed by atoms with Crippen LogP contribution in [0.15, 0.2) is 65.2 Å². The Hall–Kier alpha value is -1.95. The van der Waals surface area contributed by atoms with E-state index in [-0.39, 0.29) is 12.5 Å². The number of nitrogens with zero attached hydrogens (tertiary/aromatic N) is 1. The fourth-order valence-electron chi connectivity index (χ4n) is 3.19. The molecular weight excluding hydrogens is 382 g/mol. The van der Waals surface area contributed by atoms with Crippen molar-refractivity contribution in [2.24, 2.45) is 5.92 Å². The summed E-state index contributed by atoms with van der Waals surface area (Å²) >= 11 is 3.43. The molecule has 0 saturated carbocycles. The number of benzene rings is 2. The molecule has 1 aliphatic rings. The first-order valence-electron chi connectivity index (χ1n) is 8.19. The predicted octanol–water partition coefficient (Wildman–Crippen LogP) is 3.89. The summed E-state index contributed by atoms with van der Waals surface area (Å²) in [7, 11) is 0. The highest BCUT2D eigenvalue weighted by Crippen LogP contribution is 2.48. The van der Waals surface area contributed by atoms with Gasteiger partial charge in [-0.25, -0.2) is 0 Å². The summed E-state index contributed by atoms with van der Waals surface area (Å²) in [4.78, 5) is 14.8. The van der Waals surface area contributed by atoms with E-state index in [1.54, 1.807) is 23.1 Å². The summed E-state index contributed by atoms with van der Waals surface area (Å²) in [6.45, 7) is 1.85. The summed E-state index contributed by atoms with van der Waals surface area (Å²) in [6, 6.07) is 14.8. The molecule has 2 atom stereocenters. The number of fused-ring (bicyclic) bond motifs is 1. The van der Waals surface area contributed by atoms with E-state index in [4.69, 9.17) is 5.11 Å². The molecular formula is C20H20BrNO3. The molecule has 1 amide bonds. The molecule has 0 radical (unpaired) electrons. The maximum absolute atomic E-state index is 13.2. The molecule has 130 valence electrons. The minimum Gasteiger partial charge on any atom is -0.396 e. The summed E-state index contributed by atoms with van der Waals surface area (Å²) in [5.41, 5.74) is 0.334. The summed E-state index contributed by atoms with van der Waals surface area (Å²) in [5, 5.41) is 20.4. The Morgan fingerprint density at radius 3 is 2.64 bits per heavy atom. The topological polar surface area (TPSA) is 60.8 Å². The second kappa shape index (κ2) is 7.12. The van der Waals surface area contributed by atoms with Crippen LogP contribution in [0.2, 0.25) is 0 Å². The van der Waals surface area contributed by atoms with Gasteiger partial charge in [-0.15, -0.1) is 0 Å². The first-order valence-corrected chi connectivity index (χ1v) is 8.99. The normalized spacial score (nSPS) is 21.0. The van der Waals surface area contributed by atoms with Gasteiger partial charge in [0.1, 0.15) is 0 Å². The van der Waals surface area contributed by atoms with Crippen molar-refractivity contribution in [1.29, 1.82) is 0 Å². The molecule has 0 aromatic heterocycles. The fraction of sp³-hybridized carbons (Fsp3) is 0.250. The quantitative estimate of drug-likeness (QED) is 0.747. The van der Waals surface area contributed by atoms with Crippen molar-refractivity contribution in [1.82, 2.24) is 0 Å². The maximum atomic E-state index is 13.2. The minimum absolute atomic E-state index is 0.0356.